The summed E-state index contributed by atoms with van der Waals surface area (Å²) in [5.41, 5.74) is 9.54. The molecule has 0 saturated heterocycles. The molecular formula is C44H28N6. The molecule has 10 rings (SSSR count). The first-order valence-electron chi connectivity index (χ1n) is 16.7. The number of hydrogen-bond donors (Lipinski definition) is 0. The minimum Gasteiger partial charge on any atom is -0.308 e. The molecule has 0 unspecified atom stereocenters. The lowest BCUT2D eigenvalue weighted by atomic mass is 9.95. The molecule has 0 aliphatic rings. The van der Waals surface area contributed by atoms with Gasteiger partial charge >= 0.3 is 0 Å². The summed E-state index contributed by atoms with van der Waals surface area (Å²) in [5.74, 6) is 1.83. The van der Waals surface area contributed by atoms with Crippen molar-refractivity contribution in [2.45, 2.75) is 0 Å². The Morgan fingerprint density at radius 3 is 1.54 bits per heavy atom. The minimum atomic E-state index is 0.575. The normalized spacial score (nSPS) is 11.6. The maximum Gasteiger partial charge on any atom is 0.238 e. The molecule has 6 aromatic carbocycles. The highest BCUT2D eigenvalue weighted by atomic mass is 15.2. The molecule has 0 fully saturated rings. The van der Waals surface area contributed by atoms with Gasteiger partial charge < -0.3 is 4.57 Å². The summed E-state index contributed by atoms with van der Waals surface area (Å²) in [4.78, 5) is 19.8. The van der Waals surface area contributed by atoms with E-state index in [1.54, 1.807) is 0 Å². The molecule has 6 heteroatoms. The fourth-order valence-electron chi connectivity index (χ4n) is 7.35. The molecule has 10 aromatic rings. The van der Waals surface area contributed by atoms with Crippen molar-refractivity contribution in [1.29, 1.82) is 0 Å². The van der Waals surface area contributed by atoms with E-state index in [0.29, 0.717) is 17.6 Å². The van der Waals surface area contributed by atoms with Crippen molar-refractivity contribution in [3.05, 3.63) is 170 Å². The number of benzene rings is 6. The van der Waals surface area contributed by atoms with Gasteiger partial charge in [-0.2, -0.15) is 9.97 Å². The third-order valence-corrected chi connectivity index (χ3v) is 9.48. The standard InChI is InChI=1S/C44H28N6/c1-4-14-29(15-5-1)42-46-43(30-16-6-2-7-17-30)48-44(47-42)50-36-23-11-10-20-34(36)40-32(22-13-25-38(40)50)33-21-12-24-37-41(33)35-26-27-45-28-39(35)49(37)31-18-8-3-9-19-31/h1-28H. The van der Waals surface area contributed by atoms with Crippen molar-refractivity contribution < 1.29 is 0 Å². The van der Waals surface area contributed by atoms with Gasteiger partial charge in [-0.25, -0.2) is 4.98 Å². The fourth-order valence-corrected chi connectivity index (χ4v) is 7.35. The zero-order valence-electron chi connectivity index (χ0n) is 26.8. The summed E-state index contributed by atoms with van der Waals surface area (Å²) >= 11 is 0. The van der Waals surface area contributed by atoms with Crippen LogP contribution in [0.2, 0.25) is 0 Å². The Kier molecular flexibility index (Phi) is 6.39. The van der Waals surface area contributed by atoms with Crippen LogP contribution in [-0.4, -0.2) is 29.1 Å². The Morgan fingerprint density at radius 1 is 0.380 bits per heavy atom. The fraction of sp³-hybridized carbons (Fsp3) is 0. The second-order valence-corrected chi connectivity index (χ2v) is 12.3. The number of aromatic nitrogens is 6. The summed E-state index contributed by atoms with van der Waals surface area (Å²) < 4.78 is 4.50. The van der Waals surface area contributed by atoms with Crippen LogP contribution in [0.5, 0.6) is 0 Å². The average Bonchev–Trinajstić information content (AvgIpc) is 3.72. The zero-order valence-corrected chi connectivity index (χ0v) is 26.8. The molecule has 0 atom stereocenters. The quantitative estimate of drug-likeness (QED) is 0.188. The van der Waals surface area contributed by atoms with E-state index in [-0.39, 0.29) is 0 Å². The highest BCUT2D eigenvalue weighted by molar-refractivity contribution is 6.22. The molecule has 6 nitrogen and oxygen atoms in total. The monoisotopic (exact) mass is 640 g/mol. The van der Waals surface area contributed by atoms with Crippen molar-refractivity contribution in [1.82, 2.24) is 29.1 Å². The summed E-state index contributed by atoms with van der Waals surface area (Å²) in [6.07, 6.45) is 3.85. The molecule has 50 heavy (non-hydrogen) atoms. The maximum absolute atomic E-state index is 5.13. The van der Waals surface area contributed by atoms with Gasteiger partial charge in [0.25, 0.3) is 0 Å². The van der Waals surface area contributed by atoms with Gasteiger partial charge in [-0.1, -0.05) is 121 Å². The molecule has 0 radical (unpaired) electrons. The van der Waals surface area contributed by atoms with Gasteiger partial charge in [-0.3, -0.25) is 9.55 Å². The first-order chi connectivity index (χ1) is 24.8. The smallest absolute Gasteiger partial charge is 0.238 e. The second kappa shape index (κ2) is 11.4. The van der Waals surface area contributed by atoms with Crippen molar-refractivity contribution in [3.8, 4) is 45.5 Å². The van der Waals surface area contributed by atoms with Crippen LogP contribution in [0.1, 0.15) is 0 Å². The number of para-hydroxylation sites is 2. The van der Waals surface area contributed by atoms with E-state index in [0.717, 1.165) is 66.2 Å². The number of nitrogens with zero attached hydrogens (tertiary/aromatic N) is 6. The Bertz CT molecular complexity index is 2800. The number of pyridine rings is 1. The number of hydrogen-bond acceptors (Lipinski definition) is 4. The van der Waals surface area contributed by atoms with E-state index in [9.17, 15) is 0 Å². The molecule has 0 amide bonds. The maximum atomic E-state index is 5.13. The summed E-state index contributed by atoms with van der Waals surface area (Å²) in [7, 11) is 0. The molecule has 0 saturated carbocycles. The predicted molar refractivity (Wildman–Crippen MR) is 203 cm³/mol. The molecule has 0 aliphatic carbocycles. The highest BCUT2D eigenvalue weighted by Crippen LogP contribution is 2.43. The first-order valence-corrected chi connectivity index (χ1v) is 16.7. The molecule has 0 N–H and O–H groups in total. The third-order valence-electron chi connectivity index (χ3n) is 9.48. The van der Waals surface area contributed by atoms with E-state index in [2.05, 4.69) is 111 Å². The summed E-state index contributed by atoms with van der Waals surface area (Å²) in [6.45, 7) is 0. The van der Waals surface area contributed by atoms with Crippen molar-refractivity contribution >= 4 is 43.6 Å². The van der Waals surface area contributed by atoms with Crippen molar-refractivity contribution in [3.63, 3.8) is 0 Å². The largest absolute Gasteiger partial charge is 0.308 e. The van der Waals surface area contributed by atoms with E-state index in [4.69, 9.17) is 15.0 Å². The Morgan fingerprint density at radius 2 is 0.900 bits per heavy atom. The Hall–Kier alpha value is -6.92. The molecule has 0 bridgehead atoms. The lowest BCUT2D eigenvalue weighted by molar-refractivity contribution is 0.953. The SMILES string of the molecule is c1ccc(-c2nc(-c3ccccc3)nc(-n3c4ccccc4c4c(-c5cccc6c5c5ccncc5n6-c5ccccc5)cccc43)n2)cc1. The van der Waals surface area contributed by atoms with Crippen LogP contribution in [0.15, 0.2) is 170 Å². The van der Waals surface area contributed by atoms with Crippen LogP contribution < -0.4 is 0 Å². The van der Waals surface area contributed by atoms with Gasteiger partial charge in [0.1, 0.15) is 0 Å². The van der Waals surface area contributed by atoms with E-state index >= 15 is 0 Å². The van der Waals surface area contributed by atoms with Crippen LogP contribution in [0.4, 0.5) is 0 Å². The molecule has 4 heterocycles. The molecule has 0 aliphatic heterocycles. The van der Waals surface area contributed by atoms with Gasteiger partial charge in [-0.05, 0) is 47.5 Å². The number of fused-ring (bicyclic) bond motifs is 6. The lowest BCUT2D eigenvalue weighted by Crippen LogP contribution is -2.06. The Balaban J connectivity index is 1.28. The zero-order chi connectivity index (χ0) is 33.0. The van der Waals surface area contributed by atoms with Gasteiger partial charge in [0.2, 0.25) is 5.95 Å². The topological polar surface area (TPSA) is 61.4 Å². The molecule has 234 valence electrons. The lowest BCUT2D eigenvalue weighted by Gasteiger charge is -2.11. The summed E-state index contributed by atoms with van der Waals surface area (Å²) in [6, 6.07) is 54.6. The van der Waals surface area contributed by atoms with Crippen LogP contribution in [0.25, 0.3) is 89.2 Å². The predicted octanol–water partition coefficient (Wildman–Crippen LogP) is 10.5. The van der Waals surface area contributed by atoms with E-state index in [1.807, 2.05) is 73.1 Å². The van der Waals surface area contributed by atoms with Crippen LogP contribution in [0, 0.1) is 0 Å². The molecule has 4 aromatic heterocycles. The molecular weight excluding hydrogens is 613 g/mol. The van der Waals surface area contributed by atoms with Crippen LogP contribution in [-0.2, 0) is 0 Å². The highest BCUT2D eigenvalue weighted by Gasteiger charge is 2.22. The Labute approximate surface area is 287 Å². The minimum absolute atomic E-state index is 0.575. The van der Waals surface area contributed by atoms with Gasteiger partial charge in [-0.15, -0.1) is 0 Å². The summed E-state index contributed by atoms with van der Waals surface area (Å²) in [5, 5.41) is 4.63. The van der Waals surface area contributed by atoms with Crippen LogP contribution >= 0.6 is 0 Å². The van der Waals surface area contributed by atoms with Crippen molar-refractivity contribution in [2.75, 3.05) is 0 Å². The van der Waals surface area contributed by atoms with Crippen LogP contribution in [0.3, 0.4) is 0 Å². The van der Waals surface area contributed by atoms with Gasteiger partial charge in [0.15, 0.2) is 11.6 Å². The average molecular weight is 641 g/mol. The molecule has 0 spiro atoms. The number of rotatable bonds is 5. The first kappa shape index (κ1) is 28.1. The van der Waals surface area contributed by atoms with Gasteiger partial charge in [0.05, 0.1) is 28.3 Å². The van der Waals surface area contributed by atoms with E-state index in [1.165, 1.54) is 5.39 Å². The van der Waals surface area contributed by atoms with E-state index < -0.39 is 0 Å². The third kappa shape index (κ3) is 4.36. The van der Waals surface area contributed by atoms with Crippen molar-refractivity contribution in [2.24, 2.45) is 0 Å². The second-order valence-electron chi connectivity index (χ2n) is 12.3. The van der Waals surface area contributed by atoms with Gasteiger partial charge in [0, 0.05) is 44.6 Å².